The van der Waals surface area contributed by atoms with Gasteiger partial charge in [-0.15, -0.1) is 0 Å². The highest BCUT2D eigenvalue weighted by Gasteiger charge is 2.27. The molecule has 1 aliphatic heterocycles. The predicted molar refractivity (Wildman–Crippen MR) is 115 cm³/mol. The Morgan fingerprint density at radius 3 is 2.59 bits per heavy atom. The predicted octanol–water partition coefficient (Wildman–Crippen LogP) is 5.10. The number of fused-ring (bicyclic) bond motifs is 1. The number of aromatic nitrogens is 3. The summed E-state index contributed by atoms with van der Waals surface area (Å²) in [5.74, 6) is 2.93. The number of hydrogen-bond donors (Lipinski definition) is 0. The van der Waals surface area contributed by atoms with Crippen molar-refractivity contribution in [2.24, 2.45) is 0 Å². The average Bonchev–Trinajstić information content (AvgIpc) is 3.10. The third-order valence-corrected chi connectivity index (χ3v) is 5.50. The van der Waals surface area contributed by atoms with Crippen LogP contribution in [0.5, 0.6) is 0 Å². The number of nitrogens with zero attached hydrogens (tertiary/aromatic N) is 4. The highest BCUT2D eigenvalue weighted by atomic mass is 35.5. The lowest BCUT2D eigenvalue weighted by molar-refractivity contribution is 0.181. The van der Waals surface area contributed by atoms with Gasteiger partial charge in [0, 0.05) is 42.6 Å². The van der Waals surface area contributed by atoms with E-state index in [1.807, 2.05) is 24.3 Å². The molecule has 0 N–H and O–H groups in total. The first-order valence-electron chi connectivity index (χ1n) is 10.0. The van der Waals surface area contributed by atoms with Crippen LogP contribution in [0, 0.1) is 0 Å². The Morgan fingerprint density at radius 1 is 1.14 bits per heavy atom. The third-order valence-electron chi connectivity index (χ3n) is 5.26. The van der Waals surface area contributed by atoms with Crippen LogP contribution in [0.4, 0.5) is 5.82 Å². The second-order valence-electron chi connectivity index (χ2n) is 8.65. The van der Waals surface area contributed by atoms with Gasteiger partial charge in [-0.05, 0) is 31.0 Å². The number of piperidine rings is 1. The van der Waals surface area contributed by atoms with Gasteiger partial charge < -0.3 is 14.1 Å². The monoisotopic (exact) mass is 414 g/mol. The van der Waals surface area contributed by atoms with Gasteiger partial charge in [-0.25, -0.2) is 15.0 Å². The largest absolute Gasteiger partial charge is 0.440 e. The van der Waals surface area contributed by atoms with Gasteiger partial charge >= 0.3 is 0 Å². The molecule has 3 heterocycles. The molecule has 0 radical (unpaired) electrons. The van der Waals surface area contributed by atoms with E-state index in [4.69, 9.17) is 25.7 Å². The maximum atomic E-state index is 6.07. The van der Waals surface area contributed by atoms with Crippen LogP contribution >= 0.6 is 11.6 Å². The van der Waals surface area contributed by atoms with Crippen LogP contribution in [0.3, 0.4) is 0 Å². The Hall–Kier alpha value is -2.18. The molecule has 2 aromatic heterocycles. The summed E-state index contributed by atoms with van der Waals surface area (Å²) < 4.78 is 11.3. The van der Waals surface area contributed by atoms with Crippen LogP contribution < -0.4 is 4.90 Å². The normalized spacial score (nSPS) is 16.0. The van der Waals surface area contributed by atoms with Gasteiger partial charge in [0.1, 0.15) is 17.2 Å². The molecule has 4 rings (SSSR count). The molecule has 154 valence electrons. The fourth-order valence-electron chi connectivity index (χ4n) is 3.65. The van der Waals surface area contributed by atoms with Gasteiger partial charge in [0.25, 0.3) is 0 Å². The lowest BCUT2D eigenvalue weighted by Gasteiger charge is -2.32. The number of rotatable bonds is 4. The number of benzene rings is 1. The topological polar surface area (TPSA) is 64.3 Å². The van der Waals surface area contributed by atoms with Crippen molar-refractivity contribution in [2.45, 2.75) is 51.6 Å². The van der Waals surface area contributed by atoms with Crippen LogP contribution in [-0.4, -0.2) is 35.2 Å². The summed E-state index contributed by atoms with van der Waals surface area (Å²) in [6.07, 6.45) is 1.93. The van der Waals surface area contributed by atoms with E-state index in [0.717, 1.165) is 60.3 Å². The van der Waals surface area contributed by atoms with E-state index < -0.39 is 0 Å². The van der Waals surface area contributed by atoms with Crippen molar-refractivity contribution in [3.8, 4) is 0 Å². The number of methoxy groups -OCH3 is 1. The van der Waals surface area contributed by atoms with Crippen molar-refractivity contribution in [3.63, 3.8) is 0 Å². The maximum absolute atomic E-state index is 6.07. The molecular weight excluding hydrogens is 388 g/mol. The van der Waals surface area contributed by atoms with Crippen molar-refractivity contribution >= 4 is 28.5 Å². The highest BCUT2D eigenvalue weighted by Crippen LogP contribution is 2.33. The minimum Gasteiger partial charge on any atom is -0.440 e. The summed E-state index contributed by atoms with van der Waals surface area (Å²) in [6, 6.07) is 7.61. The summed E-state index contributed by atoms with van der Waals surface area (Å²) in [5.41, 5.74) is 2.42. The zero-order valence-corrected chi connectivity index (χ0v) is 18.2. The summed E-state index contributed by atoms with van der Waals surface area (Å²) in [6.45, 7) is 8.69. The van der Waals surface area contributed by atoms with Crippen LogP contribution in [-0.2, 0) is 16.8 Å². The third kappa shape index (κ3) is 4.38. The van der Waals surface area contributed by atoms with Crippen molar-refractivity contribution in [2.75, 3.05) is 25.1 Å². The maximum Gasteiger partial charge on any atom is 0.198 e. The molecule has 1 saturated heterocycles. The molecule has 0 saturated carbocycles. The second kappa shape index (κ2) is 7.92. The zero-order chi connectivity index (χ0) is 20.6. The molecule has 7 heteroatoms. The van der Waals surface area contributed by atoms with Gasteiger partial charge in [0.15, 0.2) is 11.5 Å². The Morgan fingerprint density at radius 2 is 1.90 bits per heavy atom. The number of ether oxygens (including phenoxy) is 1. The zero-order valence-electron chi connectivity index (χ0n) is 17.4. The van der Waals surface area contributed by atoms with Gasteiger partial charge in [0.2, 0.25) is 0 Å². The number of halogens is 1. The van der Waals surface area contributed by atoms with E-state index in [2.05, 4.69) is 35.6 Å². The Bertz CT molecular complexity index is 1000. The molecule has 0 aliphatic carbocycles. The molecule has 0 amide bonds. The number of oxazole rings is 1. The first-order chi connectivity index (χ1) is 13.8. The van der Waals surface area contributed by atoms with E-state index in [1.165, 1.54) is 0 Å². The van der Waals surface area contributed by atoms with Crippen molar-refractivity contribution in [3.05, 3.63) is 46.7 Å². The van der Waals surface area contributed by atoms with Gasteiger partial charge in [-0.3, -0.25) is 0 Å². The fraction of sp³-hybridized carbons (Fsp3) is 0.500. The van der Waals surface area contributed by atoms with Crippen molar-refractivity contribution in [1.82, 2.24) is 15.0 Å². The minimum atomic E-state index is -0.115. The van der Waals surface area contributed by atoms with E-state index in [-0.39, 0.29) is 5.41 Å². The lowest BCUT2D eigenvalue weighted by Crippen LogP contribution is -2.34. The molecular formula is C22H27ClN4O2. The second-order valence-corrected chi connectivity index (χ2v) is 9.09. The molecule has 1 aliphatic rings. The molecule has 3 aromatic rings. The number of hydrogen-bond acceptors (Lipinski definition) is 6. The summed E-state index contributed by atoms with van der Waals surface area (Å²) in [4.78, 5) is 16.5. The molecule has 0 atom stereocenters. The molecule has 6 nitrogen and oxygen atoms in total. The Balaban J connectivity index is 1.52. The summed E-state index contributed by atoms with van der Waals surface area (Å²) in [7, 11) is 1.69. The Kier molecular flexibility index (Phi) is 5.49. The average molecular weight is 415 g/mol. The molecule has 0 spiro atoms. The van der Waals surface area contributed by atoms with Crippen molar-refractivity contribution < 1.29 is 9.15 Å². The van der Waals surface area contributed by atoms with Gasteiger partial charge in [0.05, 0.1) is 12.3 Å². The quantitative estimate of drug-likeness (QED) is 0.591. The van der Waals surface area contributed by atoms with E-state index in [1.54, 1.807) is 7.11 Å². The molecule has 1 fully saturated rings. The summed E-state index contributed by atoms with van der Waals surface area (Å²) >= 11 is 6.07. The smallest absolute Gasteiger partial charge is 0.198 e. The van der Waals surface area contributed by atoms with Gasteiger partial charge in [-0.1, -0.05) is 32.4 Å². The standard InChI is InChI=1S/C22H27ClN4O2/c1-22(2,3)21-24-16(13-28-4)12-19(26-21)27-9-7-14(8-10-27)20-25-17-11-15(23)5-6-18(17)29-20/h5-6,11-12,14H,7-10,13H2,1-4H3. The van der Waals surface area contributed by atoms with E-state index in [9.17, 15) is 0 Å². The number of anilines is 1. The molecule has 1 aromatic carbocycles. The summed E-state index contributed by atoms with van der Waals surface area (Å²) in [5, 5.41) is 0.678. The minimum absolute atomic E-state index is 0.115. The van der Waals surface area contributed by atoms with Crippen LogP contribution in [0.15, 0.2) is 28.7 Å². The lowest BCUT2D eigenvalue weighted by atomic mass is 9.95. The molecule has 29 heavy (non-hydrogen) atoms. The first kappa shape index (κ1) is 20.1. The SMILES string of the molecule is COCc1cc(N2CCC(c3nc4cc(Cl)ccc4o3)CC2)nc(C(C)(C)C)n1. The van der Waals surface area contributed by atoms with E-state index in [0.29, 0.717) is 17.5 Å². The van der Waals surface area contributed by atoms with Crippen molar-refractivity contribution in [1.29, 1.82) is 0 Å². The molecule has 0 unspecified atom stereocenters. The highest BCUT2D eigenvalue weighted by molar-refractivity contribution is 6.31. The van der Waals surface area contributed by atoms with E-state index >= 15 is 0 Å². The fourth-order valence-corrected chi connectivity index (χ4v) is 3.82. The Labute approximate surface area is 176 Å². The molecule has 0 bridgehead atoms. The van der Waals surface area contributed by atoms with Crippen LogP contribution in [0.1, 0.15) is 56.9 Å². The first-order valence-corrected chi connectivity index (χ1v) is 10.4. The van der Waals surface area contributed by atoms with Gasteiger partial charge in [-0.2, -0.15) is 0 Å². The van der Waals surface area contributed by atoms with Crippen LogP contribution in [0.2, 0.25) is 5.02 Å². The van der Waals surface area contributed by atoms with Crippen LogP contribution in [0.25, 0.3) is 11.1 Å².